The lowest BCUT2D eigenvalue weighted by atomic mass is 10.2. The predicted octanol–water partition coefficient (Wildman–Crippen LogP) is 3.45. The first-order valence-electron chi connectivity index (χ1n) is 5.99. The summed E-state index contributed by atoms with van der Waals surface area (Å²) >= 11 is 0. The van der Waals surface area contributed by atoms with Gasteiger partial charge in [0.05, 0.1) is 0 Å². The molecule has 2 heteroatoms. The lowest BCUT2D eigenvalue weighted by molar-refractivity contribution is -0.909. The Bertz CT molecular complexity index is 280. The van der Waals surface area contributed by atoms with Gasteiger partial charge < -0.3 is 0 Å². The Morgan fingerprint density at radius 2 is 1.73 bits per heavy atom. The second-order valence-electron chi connectivity index (χ2n) is 3.25. The number of pyridine rings is 1. The molecule has 1 aliphatic rings. The molecule has 0 unspecified atom stereocenters. The van der Waals surface area contributed by atoms with Gasteiger partial charge in [-0.25, -0.2) is 0 Å². The van der Waals surface area contributed by atoms with E-state index in [4.69, 9.17) is 0 Å². The maximum atomic E-state index is 9.36. The van der Waals surface area contributed by atoms with Gasteiger partial charge in [-0.1, -0.05) is 27.7 Å². The Hall–Kier alpha value is -1.05. The second-order valence-corrected chi connectivity index (χ2v) is 3.25. The summed E-state index contributed by atoms with van der Waals surface area (Å²) in [5.74, 6) is 0.611. The van der Waals surface area contributed by atoms with Crippen molar-refractivity contribution in [2.75, 3.05) is 0 Å². The lowest BCUT2D eigenvalue weighted by Crippen LogP contribution is -2.34. The molecule has 1 heterocycles. The van der Waals surface area contributed by atoms with Crippen LogP contribution in [-0.4, -0.2) is 5.21 Å². The van der Waals surface area contributed by atoms with Crippen LogP contribution in [0.4, 0.5) is 0 Å². The molecule has 1 saturated carbocycles. The van der Waals surface area contributed by atoms with Gasteiger partial charge in [0, 0.05) is 22.8 Å². The van der Waals surface area contributed by atoms with E-state index in [-0.39, 0.29) is 0 Å². The molecule has 0 spiro atoms. The number of aromatic nitrogens is 1. The molecule has 0 atom stereocenters. The van der Waals surface area contributed by atoms with Crippen LogP contribution in [0.3, 0.4) is 0 Å². The zero-order valence-electron chi connectivity index (χ0n) is 10.6. The van der Waals surface area contributed by atoms with E-state index in [0.29, 0.717) is 5.92 Å². The number of hydrogen-bond donors (Lipinski definition) is 1. The van der Waals surface area contributed by atoms with Crippen LogP contribution in [0.5, 0.6) is 0 Å². The standard InChI is InChI=1S/C9H12NO.2C2H6/c1-7-4-5-10(11)9(6-7)8-2-3-8;2*1-2/h4-6,8,11H,2-3H2,1H3;2*1-2H3/q+1;;. The third kappa shape index (κ3) is 4.32. The van der Waals surface area contributed by atoms with E-state index in [1.165, 1.54) is 23.1 Å². The summed E-state index contributed by atoms with van der Waals surface area (Å²) in [6.07, 6.45) is 4.16. The maximum Gasteiger partial charge on any atom is 0.237 e. The Labute approximate surface area is 93.5 Å². The summed E-state index contributed by atoms with van der Waals surface area (Å²) < 4.78 is 1.24. The fourth-order valence-electron chi connectivity index (χ4n) is 1.31. The summed E-state index contributed by atoms with van der Waals surface area (Å²) in [7, 11) is 0. The van der Waals surface area contributed by atoms with Gasteiger partial charge in [-0.15, -0.1) is 0 Å². The number of aryl methyl sites for hydroxylation is 1. The van der Waals surface area contributed by atoms with E-state index < -0.39 is 0 Å². The van der Waals surface area contributed by atoms with Crippen LogP contribution in [0.2, 0.25) is 0 Å². The average Bonchev–Trinajstić information content (AvgIpc) is 3.11. The summed E-state index contributed by atoms with van der Waals surface area (Å²) in [6, 6.07) is 3.96. The number of rotatable bonds is 1. The zero-order valence-corrected chi connectivity index (χ0v) is 10.6. The molecule has 0 bridgehead atoms. The van der Waals surface area contributed by atoms with Crippen molar-refractivity contribution in [2.24, 2.45) is 0 Å². The van der Waals surface area contributed by atoms with Crippen LogP contribution >= 0.6 is 0 Å². The summed E-state index contributed by atoms with van der Waals surface area (Å²) in [4.78, 5) is 0. The van der Waals surface area contributed by atoms with Crippen LogP contribution in [0.1, 0.15) is 57.7 Å². The molecule has 86 valence electrons. The Kier molecular flexibility index (Phi) is 6.76. The Morgan fingerprint density at radius 3 is 2.20 bits per heavy atom. The minimum atomic E-state index is 0.611. The van der Waals surface area contributed by atoms with Gasteiger partial charge >= 0.3 is 0 Å². The second kappa shape index (κ2) is 7.27. The van der Waals surface area contributed by atoms with Crippen molar-refractivity contribution < 1.29 is 9.94 Å². The topological polar surface area (TPSA) is 24.1 Å². The molecule has 1 aromatic rings. The molecule has 0 aliphatic heterocycles. The highest BCUT2D eigenvalue weighted by atomic mass is 16.5. The average molecular weight is 210 g/mol. The minimum Gasteiger partial charge on any atom is -0.285 e. The van der Waals surface area contributed by atoms with E-state index in [1.807, 2.05) is 40.7 Å². The number of nitrogens with zero attached hydrogens (tertiary/aromatic N) is 1. The van der Waals surface area contributed by atoms with Crippen LogP contribution < -0.4 is 4.73 Å². The van der Waals surface area contributed by atoms with Crippen molar-refractivity contribution in [1.29, 1.82) is 0 Å². The van der Waals surface area contributed by atoms with Gasteiger partial charge in [0.15, 0.2) is 0 Å². The van der Waals surface area contributed by atoms with E-state index in [2.05, 4.69) is 6.07 Å². The van der Waals surface area contributed by atoms with Crippen molar-refractivity contribution >= 4 is 0 Å². The molecular weight excluding hydrogens is 186 g/mol. The van der Waals surface area contributed by atoms with Gasteiger partial charge in [-0.05, 0) is 25.3 Å². The monoisotopic (exact) mass is 210 g/mol. The molecule has 1 N–H and O–H groups in total. The van der Waals surface area contributed by atoms with Crippen molar-refractivity contribution in [1.82, 2.24) is 0 Å². The van der Waals surface area contributed by atoms with E-state index in [1.54, 1.807) is 6.20 Å². The lowest BCUT2D eigenvalue weighted by Gasteiger charge is -1.94. The normalized spacial score (nSPS) is 13.1. The van der Waals surface area contributed by atoms with Gasteiger partial charge in [-0.3, -0.25) is 5.21 Å². The molecule has 0 aromatic carbocycles. The summed E-state index contributed by atoms with van der Waals surface area (Å²) in [5, 5.41) is 9.36. The fraction of sp³-hybridized carbons (Fsp3) is 0.615. The summed E-state index contributed by atoms with van der Waals surface area (Å²) in [5.41, 5.74) is 2.28. The molecule has 2 rings (SSSR count). The van der Waals surface area contributed by atoms with Crippen molar-refractivity contribution in [3.05, 3.63) is 29.6 Å². The third-order valence-corrected chi connectivity index (χ3v) is 2.11. The minimum absolute atomic E-state index is 0.611. The van der Waals surface area contributed by atoms with E-state index >= 15 is 0 Å². The Morgan fingerprint density at radius 1 is 1.20 bits per heavy atom. The van der Waals surface area contributed by atoms with Gasteiger partial charge in [-0.2, -0.15) is 0 Å². The highest BCUT2D eigenvalue weighted by Gasteiger charge is 2.32. The van der Waals surface area contributed by atoms with Crippen molar-refractivity contribution in [3.63, 3.8) is 0 Å². The predicted molar refractivity (Wildman–Crippen MR) is 63.2 cm³/mol. The first kappa shape index (κ1) is 13.9. The van der Waals surface area contributed by atoms with Crippen molar-refractivity contribution in [3.8, 4) is 0 Å². The molecule has 0 amide bonds. The molecule has 1 aliphatic carbocycles. The fourth-order valence-corrected chi connectivity index (χ4v) is 1.31. The quantitative estimate of drug-likeness (QED) is 0.557. The molecule has 1 aromatic heterocycles. The first-order chi connectivity index (χ1) is 7.27. The molecule has 0 saturated heterocycles. The van der Waals surface area contributed by atoms with E-state index in [9.17, 15) is 5.21 Å². The summed E-state index contributed by atoms with van der Waals surface area (Å²) in [6.45, 7) is 10.0. The first-order valence-corrected chi connectivity index (χ1v) is 5.99. The van der Waals surface area contributed by atoms with E-state index in [0.717, 1.165) is 5.69 Å². The Balaban J connectivity index is 0.000000442. The number of hydrogen-bond acceptors (Lipinski definition) is 1. The zero-order chi connectivity index (χ0) is 11.8. The van der Waals surface area contributed by atoms with Gasteiger partial charge in [0.1, 0.15) is 0 Å². The van der Waals surface area contributed by atoms with Crippen molar-refractivity contribution in [2.45, 2.75) is 53.4 Å². The smallest absolute Gasteiger partial charge is 0.237 e. The maximum absolute atomic E-state index is 9.36. The molecule has 1 fully saturated rings. The molecule has 0 radical (unpaired) electrons. The largest absolute Gasteiger partial charge is 0.285 e. The van der Waals surface area contributed by atoms with Gasteiger partial charge in [0.2, 0.25) is 11.9 Å². The third-order valence-electron chi connectivity index (χ3n) is 2.11. The SMILES string of the molecule is CC.CC.Cc1cc[n+](O)c(C2CC2)c1. The molecule has 2 nitrogen and oxygen atoms in total. The van der Waals surface area contributed by atoms with Crippen LogP contribution in [0.25, 0.3) is 0 Å². The highest BCUT2D eigenvalue weighted by molar-refractivity contribution is 5.16. The van der Waals surface area contributed by atoms with Crippen LogP contribution in [0.15, 0.2) is 18.3 Å². The highest BCUT2D eigenvalue weighted by Crippen LogP contribution is 2.38. The molecular formula is C13H24NO+. The van der Waals surface area contributed by atoms with Crippen LogP contribution in [0, 0.1) is 6.92 Å². The van der Waals surface area contributed by atoms with Crippen LogP contribution in [-0.2, 0) is 0 Å². The van der Waals surface area contributed by atoms with Gasteiger partial charge in [0.25, 0.3) is 0 Å². The molecule has 15 heavy (non-hydrogen) atoms.